The molecular weight excluding hydrogens is 162 g/mol. The van der Waals surface area contributed by atoms with Crippen LogP contribution in [-0.2, 0) is 13.0 Å². The van der Waals surface area contributed by atoms with Crippen molar-refractivity contribution in [1.82, 2.24) is 0 Å². The molecule has 1 aromatic rings. The highest BCUT2D eigenvalue weighted by Gasteiger charge is 2.23. The Morgan fingerprint density at radius 3 is 3.00 bits per heavy atom. The lowest BCUT2D eigenvalue weighted by atomic mass is 9.98. The second-order valence-electron chi connectivity index (χ2n) is 3.74. The molecule has 0 bridgehead atoms. The first-order valence-corrected chi connectivity index (χ1v) is 4.71. The summed E-state index contributed by atoms with van der Waals surface area (Å²) in [5.41, 5.74) is 10.8. The summed E-state index contributed by atoms with van der Waals surface area (Å²) in [4.78, 5) is 0. The average molecular weight is 177 g/mol. The lowest BCUT2D eigenvalue weighted by Crippen LogP contribution is -2.08. The number of aryl methyl sites for hydroxylation is 1. The van der Waals surface area contributed by atoms with Crippen LogP contribution in [0, 0.1) is 6.92 Å². The maximum atomic E-state index is 9.15. The zero-order valence-corrected chi connectivity index (χ0v) is 7.88. The fourth-order valence-electron chi connectivity index (χ4n) is 2.20. The molecule has 0 saturated heterocycles. The van der Waals surface area contributed by atoms with Crippen molar-refractivity contribution in [3.63, 3.8) is 0 Å². The predicted octanol–water partition coefficient (Wildman–Crippen LogP) is 1.43. The third kappa shape index (κ3) is 1.26. The number of aliphatic hydroxyl groups is 1. The number of benzene rings is 1. The fraction of sp³-hybridized carbons (Fsp3) is 0.455. The summed E-state index contributed by atoms with van der Waals surface area (Å²) >= 11 is 0. The largest absolute Gasteiger partial charge is 0.392 e. The van der Waals surface area contributed by atoms with Gasteiger partial charge < -0.3 is 10.8 Å². The summed E-state index contributed by atoms with van der Waals surface area (Å²) in [7, 11) is 0. The monoisotopic (exact) mass is 177 g/mol. The number of hydrogen-bond donors (Lipinski definition) is 2. The summed E-state index contributed by atoms with van der Waals surface area (Å²) < 4.78 is 0. The minimum Gasteiger partial charge on any atom is -0.392 e. The van der Waals surface area contributed by atoms with Crippen LogP contribution in [0.2, 0.25) is 0 Å². The van der Waals surface area contributed by atoms with Gasteiger partial charge in [-0.15, -0.1) is 0 Å². The molecule has 2 heteroatoms. The van der Waals surface area contributed by atoms with E-state index in [9.17, 15) is 0 Å². The first-order chi connectivity index (χ1) is 6.24. The Labute approximate surface area is 78.4 Å². The lowest BCUT2D eigenvalue weighted by Gasteiger charge is -2.11. The van der Waals surface area contributed by atoms with Gasteiger partial charge >= 0.3 is 0 Å². The van der Waals surface area contributed by atoms with E-state index < -0.39 is 0 Å². The van der Waals surface area contributed by atoms with E-state index >= 15 is 0 Å². The van der Waals surface area contributed by atoms with Crippen LogP contribution >= 0.6 is 0 Å². The molecule has 0 aromatic heterocycles. The van der Waals surface area contributed by atoms with Gasteiger partial charge in [0.1, 0.15) is 0 Å². The van der Waals surface area contributed by atoms with Crippen LogP contribution in [0.25, 0.3) is 0 Å². The van der Waals surface area contributed by atoms with Crippen molar-refractivity contribution in [2.75, 3.05) is 0 Å². The molecule has 1 aliphatic rings. The molecule has 70 valence electrons. The molecule has 1 atom stereocenters. The molecule has 0 radical (unpaired) electrons. The number of fused-ring (bicyclic) bond motifs is 1. The Kier molecular flexibility index (Phi) is 2.10. The van der Waals surface area contributed by atoms with Crippen LogP contribution < -0.4 is 5.73 Å². The summed E-state index contributed by atoms with van der Waals surface area (Å²) in [5, 5.41) is 9.15. The second-order valence-corrected chi connectivity index (χ2v) is 3.74. The normalized spacial score (nSPS) is 20.4. The molecule has 1 aliphatic carbocycles. The van der Waals surface area contributed by atoms with Crippen LogP contribution in [0.4, 0.5) is 0 Å². The van der Waals surface area contributed by atoms with E-state index in [0.29, 0.717) is 0 Å². The molecule has 0 saturated carbocycles. The van der Waals surface area contributed by atoms with Gasteiger partial charge in [-0.25, -0.2) is 0 Å². The molecule has 0 amide bonds. The predicted molar refractivity (Wildman–Crippen MR) is 52.4 cm³/mol. The molecule has 3 N–H and O–H groups in total. The summed E-state index contributed by atoms with van der Waals surface area (Å²) in [6, 6.07) is 4.19. The van der Waals surface area contributed by atoms with Crippen molar-refractivity contribution in [2.24, 2.45) is 5.73 Å². The van der Waals surface area contributed by atoms with Gasteiger partial charge in [0.2, 0.25) is 0 Å². The quantitative estimate of drug-likeness (QED) is 0.681. The zero-order chi connectivity index (χ0) is 9.42. The highest BCUT2D eigenvalue weighted by atomic mass is 16.3. The van der Waals surface area contributed by atoms with E-state index in [4.69, 9.17) is 10.8 Å². The van der Waals surface area contributed by atoms with Crippen molar-refractivity contribution in [1.29, 1.82) is 0 Å². The van der Waals surface area contributed by atoms with E-state index in [1.54, 1.807) is 0 Å². The maximum Gasteiger partial charge on any atom is 0.0685 e. The summed E-state index contributed by atoms with van der Waals surface area (Å²) in [5.74, 6) is 0. The molecule has 13 heavy (non-hydrogen) atoms. The van der Waals surface area contributed by atoms with Crippen molar-refractivity contribution in [2.45, 2.75) is 32.4 Å². The minimum absolute atomic E-state index is 0.107. The minimum atomic E-state index is 0.107. The third-order valence-electron chi connectivity index (χ3n) is 2.93. The van der Waals surface area contributed by atoms with Crippen LogP contribution in [-0.4, -0.2) is 5.11 Å². The zero-order valence-electron chi connectivity index (χ0n) is 7.88. The molecule has 2 nitrogen and oxygen atoms in total. The van der Waals surface area contributed by atoms with Crippen LogP contribution in [0.1, 0.15) is 34.7 Å². The Hall–Kier alpha value is -0.860. The summed E-state index contributed by atoms with van der Waals surface area (Å²) in [6.07, 6.45) is 2.09. The first-order valence-electron chi connectivity index (χ1n) is 4.71. The lowest BCUT2D eigenvalue weighted by molar-refractivity contribution is 0.280. The molecule has 0 spiro atoms. The topological polar surface area (TPSA) is 46.2 Å². The fourth-order valence-corrected chi connectivity index (χ4v) is 2.20. The van der Waals surface area contributed by atoms with E-state index in [0.717, 1.165) is 18.4 Å². The standard InChI is InChI=1S/C11H15NO/c1-7-2-3-8(6-13)11-9(7)4-5-10(11)12/h2-3,10,13H,4-6,12H2,1H3/t10-/m0/s1. The maximum absolute atomic E-state index is 9.15. The molecule has 0 aliphatic heterocycles. The number of aliphatic hydroxyl groups excluding tert-OH is 1. The Morgan fingerprint density at radius 1 is 1.54 bits per heavy atom. The molecule has 1 aromatic carbocycles. The van der Waals surface area contributed by atoms with Gasteiger partial charge in [-0.2, -0.15) is 0 Å². The van der Waals surface area contributed by atoms with E-state index in [1.165, 1.54) is 16.7 Å². The van der Waals surface area contributed by atoms with Gasteiger partial charge in [-0.3, -0.25) is 0 Å². The number of rotatable bonds is 1. The van der Waals surface area contributed by atoms with Gasteiger partial charge in [-0.1, -0.05) is 12.1 Å². The molecule has 0 heterocycles. The number of nitrogens with two attached hydrogens (primary N) is 1. The van der Waals surface area contributed by atoms with Crippen molar-refractivity contribution >= 4 is 0 Å². The van der Waals surface area contributed by atoms with Gasteiger partial charge in [0.15, 0.2) is 0 Å². The van der Waals surface area contributed by atoms with E-state index in [1.807, 2.05) is 6.07 Å². The van der Waals surface area contributed by atoms with Crippen molar-refractivity contribution in [3.8, 4) is 0 Å². The van der Waals surface area contributed by atoms with Crippen molar-refractivity contribution in [3.05, 3.63) is 34.4 Å². The van der Waals surface area contributed by atoms with Gasteiger partial charge in [0.05, 0.1) is 6.61 Å². The number of hydrogen-bond acceptors (Lipinski definition) is 2. The van der Waals surface area contributed by atoms with E-state index in [2.05, 4.69) is 13.0 Å². The molecule has 0 fully saturated rings. The van der Waals surface area contributed by atoms with Gasteiger partial charge in [0.25, 0.3) is 0 Å². The highest BCUT2D eigenvalue weighted by molar-refractivity contribution is 5.45. The second kappa shape index (κ2) is 3.13. The van der Waals surface area contributed by atoms with Crippen LogP contribution in [0.5, 0.6) is 0 Å². The Balaban J connectivity index is 2.60. The van der Waals surface area contributed by atoms with E-state index in [-0.39, 0.29) is 12.6 Å². The SMILES string of the molecule is Cc1ccc(CO)c2c1CC[C@@H]2N. The van der Waals surface area contributed by atoms with Gasteiger partial charge in [-0.05, 0) is 42.0 Å². The first kappa shape index (κ1) is 8.73. The molecular formula is C11H15NO. The highest BCUT2D eigenvalue weighted by Crippen LogP contribution is 2.34. The molecule has 2 rings (SSSR count). The molecule has 0 unspecified atom stereocenters. The summed E-state index contributed by atoms with van der Waals surface area (Å²) in [6.45, 7) is 2.22. The van der Waals surface area contributed by atoms with Crippen LogP contribution in [0.15, 0.2) is 12.1 Å². The Morgan fingerprint density at radius 2 is 2.31 bits per heavy atom. The smallest absolute Gasteiger partial charge is 0.0685 e. The average Bonchev–Trinajstić information content (AvgIpc) is 2.51. The van der Waals surface area contributed by atoms with Crippen molar-refractivity contribution < 1.29 is 5.11 Å². The van der Waals surface area contributed by atoms with Crippen LogP contribution in [0.3, 0.4) is 0 Å². The third-order valence-corrected chi connectivity index (χ3v) is 2.93. The Bertz CT molecular complexity index is 333. The van der Waals surface area contributed by atoms with Gasteiger partial charge in [0, 0.05) is 6.04 Å².